The highest BCUT2D eigenvalue weighted by Gasteiger charge is 2.05. The number of nitrogens with one attached hydrogen (secondary N) is 2. The van der Waals surface area contributed by atoms with Gasteiger partial charge < -0.3 is 15.4 Å². The van der Waals surface area contributed by atoms with E-state index in [-0.39, 0.29) is 24.9 Å². The summed E-state index contributed by atoms with van der Waals surface area (Å²) in [4.78, 5) is 11.5. The summed E-state index contributed by atoms with van der Waals surface area (Å²) in [5.74, 6) is 0.349. The van der Waals surface area contributed by atoms with Crippen molar-refractivity contribution in [3.05, 3.63) is 27.7 Å². The Morgan fingerprint density at radius 3 is 2.75 bits per heavy atom. The molecule has 0 spiro atoms. The Morgan fingerprint density at radius 1 is 1.35 bits per heavy atom. The molecule has 0 fully saturated rings. The minimum atomic E-state index is -0.155. The minimum absolute atomic E-state index is 0. The molecular formula is C13H19BrCl2N2O2. The number of ether oxygens (including phenoxy) is 1. The SMILES string of the molecule is CCCNCCNC(=O)COc1ccc(Br)cc1Cl.Cl. The first kappa shape index (κ1) is 19.5. The van der Waals surface area contributed by atoms with Gasteiger partial charge in [-0.15, -0.1) is 12.4 Å². The van der Waals surface area contributed by atoms with Gasteiger partial charge >= 0.3 is 0 Å². The zero-order valence-electron chi connectivity index (χ0n) is 11.2. The molecule has 0 unspecified atom stereocenters. The van der Waals surface area contributed by atoms with Crippen molar-refractivity contribution < 1.29 is 9.53 Å². The molecule has 0 radical (unpaired) electrons. The zero-order valence-corrected chi connectivity index (χ0v) is 14.4. The number of amides is 1. The van der Waals surface area contributed by atoms with Crippen LogP contribution in [0.15, 0.2) is 22.7 Å². The van der Waals surface area contributed by atoms with Gasteiger partial charge in [0, 0.05) is 17.6 Å². The summed E-state index contributed by atoms with van der Waals surface area (Å²) in [6.45, 7) is 4.38. The second-order valence-corrected chi connectivity index (χ2v) is 5.29. The van der Waals surface area contributed by atoms with Gasteiger partial charge in [-0.1, -0.05) is 34.5 Å². The number of carbonyl (C=O) groups is 1. The fourth-order valence-corrected chi connectivity index (χ4v) is 2.11. The van der Waals surface area contributed by atoms with Crippen LogP contribution in [0.1, 0.15) is 13.3 Å². The molecule has 1 rings (SSSR count). The highest BCUT2D eigenvalue weighted by atomic mass is 79.9. The molecule has 0 aliphatic heterocycles. The van der Waals surface area contributed by atoms with Crippen LogP contribution < -0.4 is 15.4 Å². The molecule has 114 valence electrons. The Balaban J connectivity index is 0.00000361. The topological polar surface area (TPSA) is 50.4 Å². The summed E-state index contributed by atoms with van der Waals surface area (Å²) in [6.07, 6.45) is 1.08. The lowest BCUT2D eigenvalue weighted by Gasteiger charge is -2.09. The van der Waals surface area contributed by atoms with Crippen molar-refractivity contribution in [2.45, 2.75) is 13.3 Å². The summed E-state index contributed by atoms with van der Waals surface area (Å²) < 4.78 is 6.22. The average Bonchev–Trinajstić information content (AvgIpc) is 2.37. The largest absolute Gasteiger partial charge is 0.482 e. The van der Waals surface area contributed by atoms with Crippen molar-refractivity contribution in [1.82, 2.24) is 10.6 Å². The van der Waals surface area contributed by atoms with E-state index >= 15 is 0 Å². The minimum Gasteiger partial charge on any atom is -0.482 e. The summed E-state index contributed by atoms with van der Waals surface area (Å²) in [5, 5.41) is 6.44. The lowest BCUT2D eigenvalue weighted by molar-refractivity contribution is -0.123. The first-order valence-corrected chi connectivity index (χ1v) is 7.36. The molecule has 20 heavy (non-hydrogen) atoms. The Bertz CT molecular complexity index is 419. The maximum Gasteiger partial charge on any atom is 0.257 e. The van der Waals surface area contributed by atoms with E-state index in [4.69, 9.17) is 16.3 Å². The van der Waals surface area contributed by atoms with Crippen LogP contribution in [-0.4, -0.2) is 32.1 Å². The monoisotopic (exact) mass is 384 g/mol. The van der Waals surface area contributed by atoms with E-state index in [2.05, 4.69) is 33.5 Å². The van der Waals surface area contributed by atoms with E-state index in [0.717, 1.165) is 24.0 Å². The van der Waals surface area contributed by atoms with Crippen molar-refractivity contribution in [3.8, 4) is 5.75 Å². The van der Waals surface area contributed by atoms with Gasteiger partial charge in [-0.3, -0.25) is 4.79 Å². The molecule has 0 aliphatic rings. The van der Waals surface area contributed by atoms with Gasteiger partial charge in [0.05, 0.1) is 5.02 Å². The van der Waals surface area contributed by atoms with Crippen molar-refractivity contribution in [1.29, 1.82) is 0 Å². The van der Waals surface area contributed by atoms with Crippen molar-refractivity contribution in [2.24, 2.45) is 0 Å². The van der Waals surface area contributed by atoms with Crippen LogP contribution >= 0.6 is 39.9 Å². The van der Waals surface area contributed by atoms with E-state index in [1.165, 1.54) is 0 Å². The normalized spacial score (nSPS) is 9.75. The fourth-order valence-electron chi connectivity index (χ4n) is 1.38. The van der Waals surface area contributed by atoms with Gasteiger partial charge in [0.15, 0.2) is 6.61 Å². The first-order chi connectivity index (χ1) is 9.13. The molecule has 0 saturated carbocycles. The van der Waals surface area contributed by atoms with Gasteiger partial charge in [0.2, 0.25) is 0 Å². The molecular weight excluding hydrogens is 367 g/mol. The van der Waals surface area contributed by atoms with Crippen LogP contribution in [0.2, 0.25) is 5.02 Å². The van der Waals surface area contributed by atoms with Crippen molar-refractivity contribution in [2.75, 3.05) is 26.2 Å². The molecule has 0 bridgehead atoms. The van der Waals surface area contributed by atoms with E-state index in [0.29, 0.717) is 17.3 Å². The fraction of sp³-hybridized carbons (Fsp3) is 0.462. The molecule has 0 atom stereocenters. The molecule has 4 nitrogen and oxygen atoms in total. The molecule has 0 aromatic heterocycles. The van der Waals surface area contributed by atoms with Gasteiger partial charge in [0.1, 0.15) is 5.75 Å². The third-order valence-electron chi connectivity index (χ3n) is 2.30. The maximum atomic E-state index is 11.5. The molecule has 1 aromatic rings. The lowest BCUT2D eigenvalue weighted by atomic mass is 10.3. The van der Waals surface area contributed by atoms with E-state index in [9.17, 15) is 4.79 Å². The molecule has 1 aromatic carbocycles. The molecule has 0 heterocycles. The number of benzene rings is 1. The average molecular weight is 386 g/mol. The van der Waals surface area contributed by atoms with Crippen LogP contribution in [0.4, 0.5) is 0 Å². The van der Waals surface area contributed by atoms with Gasteiger partial charge in [-0.2, -0.15) is 0 Å². The highest BCUT2D eigenvalue weighted by molar-refractivity contribution is 9.10. The number of rotatable bonds is 8. The van der Waals surface area contributed by atoms with Crippen molar-refractivity contribution >= 4 is 45.8 Å². The third kappa shape index (κ3) is 7.94. The van der Waals surface area contributed by atoms with Gasteiger partial charge in [0.25, 0.3) is 5.91 Å². The highest BCUT2D eigenvalue weighted by Crippen LogP contribution is 2.27. The molecule has 7 heteroatoms. The summed E-state index contributed by atoms with van der Waals surface area (Å²) in [5.41, 5.74) is 0. The lowest BCUT2D eigenvalue weighted by Crippen LogP contribution is -2.35. The van der Waals surface area contributed by atoms with E-state index < -0.39 is 0 Å². The van der Waals surface area contributed by atoms with Crippen LogP contribution in [0, 0.1) is 0 Å². The summed E-state index contributed by atoms with van der Waals surface area (Å²) in [7, 11) is 0. The molecule has 0 saturated heterocycles. The number of halogens is 3. The summed E-state index contributed by atoms with van der Waals surface area (Å²) >= 11 is 9.28. The number of carbonyl (C=O) groups excluding carboxylic acids is 1. The second kappa shape index (κ2) is 11.2. The Labute approximate surface area is 139 Å². The Morgan fingerprint density at radius 2 is 2.10 bits per heavy atom. The predicted molar refractivity (Wildman–Crippen MR) is 88.1 cm³/mol. The van der Waals surface area contributed by atoms with Crippen LogP contribution in [0.25, 0.3) is 0 Å². The molecule has 0 aliphatic carbocycles. The number of hydrogen-bond acceptors (Lipinski definition) is 3. The van der Waals surface area contributed by atoms with Crippen LogP contribution in [0.3, 0.4) is 0 Å². The summed E-state index contributed by atoms with van der Waals surface area (Å²) in [6, 6.07) is 5.26. The maximum absolute atomic E-state index is 11.5. The quantitative estimate of drug-likeness (QED) is 0.676. The van der Waals surface area contributed by atoms with Gasteiger partial charge in [-0.25, -0.2) is 0 Å². The predicted octanol–water partition coefficient (Wildman–Crippen LogP) is 3.02. The zero-order chi connectivity index (χ0) is 14.1. The Hall–Kier alpha value is -0.490. The van der Waals surface area contributed by atoms with Crippen LogP contribution in [0.5, 0.6) is 5.75 Å². The Kier molecular flexibility index (Phi) is 10.9. The van der Waals surface area contributed by atoms with E-state index in [1.54, 1.807) is 12.1 Å². The standard InChI is InChI=1S/C13H18BrClN2O2.ClH/c1-2-5-16-6-7-17-13(18)9-19-12-4-3-10(14)8-11(12)15;/h3-4,8,16H,2,5-7,9H2,1H3,(H,17,18);1H. The number of hydrogen-bond donors (Lipinski definition) is 2. The second-order valence-electron chi connectivity index (χ2n) is 3.96. The van der Waals surface area contributed by atoms with Crippen molar-refractivity contribution in [3.63, 3.8) is 0 Å². The van der Waals surface area contributed by atoms with Crippen LogP contribution in [-0.2, 0) is 4.79 Å². The molecule has 2 N–H and O–H groups in total. The molecule has 1 amide bonds. The first-order valence-electron chi connectivity index (χ1n) is 6.18. The van der Waals surface area contributed by atoms with Gasteiger partial charge in [-0.05, 0) is 31.2 Å². The smallest absolute Gasteiger partial charge is 0.257 e. The third-order valence-corrected chi connectivity index (χ3v) is 3.09. The van der Waals surface area contributed by atoms with E-state index in [1.807, 2.05) is 6.07 Å².